The second-order valence-corrected chi connectivity index (χ2v) is 3.59. The fraction of sp³-hybridized carbons (Fsp3) is 0.778. The molecule has 0 aliphatic heterocycles. The van der Waals surface area contributed by atoms with Gasteiger partial charge in [-0.05, 0) is 19.3 Å². The molecule has 0 bridgehead atoms. The van der Waals surface area contributed by atoms with Crippen molar-refractivity contribution in [2.45, 2.75) is 38.3 Å². The molecule has 0 aromatic rings. The second-order valence-electron chi connectivity index (χ2n) is 3.59. The van der Waals surface area contributed by atoms with Crippen LogP contribution in [0.5, 0.6) is 0 Å². The number of carboxylic acids is 1. The lowest BCUT2D eigenvalue weighted by Gasteiger charge is -2.20. The summed E-state index contributed by atoms with van der Waals surface area (Å²) in [4.78, 5) is 23.7. The molecule has 0 aromatic heterocycles. The average Bonchev–Trinajstić information content (AvgIpc) is 2.95. The molecule has 1 saturated carbocycles. The smallest absolute Gasteiger partial charge is 0.326 e. The van der Waals surface area contributed by atoms with Gasteiger partial charge in [0.25, 0.3) is 0 Å². The molecule has 1 fully saturated rings. The van der Waals surface area contributed by atoms with Gasteiger partial charge in [-0.3, -0.25) is 0 Å². The van der Waals surface area contributed by atoms with E-state index >= 15 is 0 Å². The van der Waals surface area contributed by atoms with Crippen molar-refractivity contribution in [3.05, 3.63) is 0 Å². The molecule has 0 heterocycles. The number of hydrogen-bond acceptors (Lipinski definition) is 2. The van der Waals surface area contributed by atoms with Crippen molar-refractivity contribution in [1.29, 1.82) is 0 Å². The molecule has 1 aliphatic carbocycles. The minimum atomic E-state index is -0.981. The largest absolute Gasteiger partial charge is 0.480 e. The van der Waals surface area contributed by atoms with Gasteiger partial charge in [0, 0.05) is 13.1 Å². The summed E-state index contributed by atoms with van der Waals surface area (Å²) in [6.45, 7) is 1.73. The highest BCUT2D eigenvalue weighted by Gasteiger charge is 2.31. The standard InChI is InChI=1S/C9H16N2O3/c1-3-7(8(12)13)10-9(14)11(2)6-4-5-6/h6-7H,3-5H2,1-2H3,(H,10,14)(H,12,13)/t7-/m0/s1. The lowest BCUT2D eigenvalue weighted by Crippen LogP contribution is -2.47. The quantitative estimate of drug-likeness (QED) is 0.700. The summed E-state index contributed by atoms with van der Waals surface area (Å²) in [7, 11) is 1.70. The maximum absolute atomic E-state index is 11.4. The number of carbonyl (C=O) groups is 2. The zero-order chi connectivity index (χ0) is 10.7. The van der Waals surface area contributed by atoms with Crippen LogP contribution in [0.15, 0.2) is 0 Å². The third-order valence-corrected chi connectivity index (χ3v) is 2.42. The van der Waals surface area contributed by atoms with E-state index in [-0.39, 0.29) is 6.03 Å². The minimum absolute atomic E-state index is 0.290. The Hall–Kier alpha value is -1.26. The zero-order valence-electron chi connectivity index (χ0n) is 8.49. The molecule has 0 spiro atoms. The fourth-order valence-corrected chi connectivity index (χ4v) is 1.22. The van der Waals surface area contributed by atoms with Gasteiger partial charge >= 0.3 is 12.0 Å². The number of carbonyl (C=O) groups excluding carboxylic acids is 1. The molecule has 14 heavy (non-hydrogen) atoms. The first kappa shape index (κ1) is 10.8. The van der Waals surface area contributed by atoms with Gasteiger partial charge in [-0.2, -0.15) is 0 Å². The molecule has 2 N–H and O–H groups in total. The molecule has 1 atom stereocenters. The normalized spacial score (nSPS) is 17.3. The Morgan fingerprint density at radius 3 is 2.50 bits per heavy atom. The lowest BCUT2D eigenvalue weighted by molar-refractivity contribution is -0.139. The van der Waals surface area contributed by atoms with Crippen LogP contribution in [0.25, 0.3) is 0 Å². The van der Waals surface area contributed by atoms with Gasteiger partial charge in [-0.15, -0.1) is 0 Å². The Bertz CT molecular complexity index is 238. The minimum Gasteiger partial charge on any atom is -0.480 e. The van der Waals surface area contributed by atoms with E-state index in [0.29, 0.717) is 12.5 Å². The first-order valence-electron chi connectivity index (χ1n) is 4.82. The van der Waals surface area contributed by atoms with Crippen LogP contribution in [0.4, 0.5) is 4.79 Å². The van der Waals surface area contributed by atoms with Crippen molar-refractivity contribution in [2.75, 3.05) is 7.05 Å². The monoisotopic (exact) mass is 200 g/mol. The highest BCUT2D eigenvalue weighted by atomic mass is 16.4. The van der Waals surface area contributed by atoms with Crippen molar-refractivity contribution in [2.24, 2.45) is 0 Å². The Morgan fingerprint density at radius 2 is 2.14 bits per heavy atom. The average molecular weight is 200 g/mol. The lowest BCUT2D eigenvalue weighted by atomic mass is 10.2. The van der Waals surface area contributed by atoms with E-state index in [1.54, 1.807) is 18.9 Å². The fourth-order valence-electron chi connectivity index (χ4n) is 1.22. The summed E-state index contributed by atoms with van der Waals surface area (Å²) in [5, 5.41) is 11.2. The SMILES string of the molecule is CC[C@H](NC(=O)N(C)C1CC1)C(=O)O. The maximum atomic E-state index is 11.4. The molecular formula is C9H16N2O3. The van der Waals surface area contributed by atoms with E-state index in [9.17, 15) is 9.59 Å². The van der Waals surface area contributed by atoms with Crippen LogP contribution in [0.2, 0.25) is 0 Å². The molecule has 5 nitrogen and oxygen atoms in total. The molecule has 5 heteroatoms. The Balaban J connectivity index is 2.40. The van der Waals surface area contributed by atoms with Crippen molar-refractivity contribution < 1.29 is 14.7 Å². The number of hydrogen-bond donors (Lipinski definition) is 2. The number of rotatable bonds is 4. The third-order valence-electron chi connectivity index (χ3n) is 2.42. The van der Waals surface area contributed by atoms with Gasteiger partial charge in [0.15, 0.2) is 0 Å². The summed E-state index contributed by atoms with van der Waals surface area (Å²) in [6, 6.07) is -0.758. The molecule has 0 radical (unpaired) electrons. The van der Waals surface area contributed by atoms with E-state index in [1.165, 1.54) is 0 Å². The van der Waals surface area contributed by atoms with Crippen LogP contribution >= 0.6 is 0 Å². The van der Waals surface area contributed by atoms with Crippen LogP contribution in [-0.2, 0) is 4.79 Å². The molecule has 80 valence electrons. The summed E-state index contributed by atoms with van der Waals surface area (Å²) in [5.41, 5.74) is 0. The summed E-state index contributed by atoms with van der Waals surface area (Å²) >= 11 is 0. The van der Waals surface area contributed by atoms with Gasteiger partial charge < -0.3 is 15.3 Å². The predicted octanol–water partition coefficient (Wildman–Crippen LogP) is 0.653. The number of nitrogens with zero attached hydrogens (tertiary/aromatic N) is 1. The summed E-state index contributed by atoms with van der Waals surface area (Å²) in [6.07, 6.45) is 2.45. The van der Waals surface area contributed by atoms with E-state index < -0.39 is 12.0 Å². The molecule has 0 saturated heterocycles. The Labute approximate surface area is 83.1 Å². The topological polar surface area (TPSA) is 69.6 Å². The van der Waals surface area contributed by atoms with Gasteiger partial charge in [0.05, 0.1) is 0 Å². The van der Waals surface area contributed by atoms with E-state index in [4.69, 9.17) is 5.11 Å². The molecule has 0 unspecified atom stereocenters. The van der Waals surface area contributed by atoms with Gasteiger partial charge in [-0.25, -0.2) is 9.59 Å². The van der Waals surface area contributed by atoms with E-state index in [1.807, 2.05) is 0 Å². The van der Waals surface area contributed by atoms with Crippen LogP contribution < -0.4 is 5.32 Å². The third kappa shape index (κ3) is 2.61. The van der Waals surface area contributed by atoms with Crippen molar-refractivity contribution in [3.63, 3.8) is 0 Å². The molecule has 0 aromatic carbocycles. The number of aliphatic carboxylic acids is 1. The number of carboxylic acid groups (broad SMARTS) is 1. The van der Waals surface area contributed by atoms with Gasteiger partial charge in [0.2, 0.25) is 0 Å². The predicted molar refractivity (Wildman–Crippen MR) is 51.0 cm³/mol. The van der Waals surface area contributed by atoms with Crippen molar-refractivity contribution in [1.82, 2.24) is 10.2 Å². The van der Waals surface area contributed by atoms with Crippen LogP contribution in [0.3, 0.4) is 0 Å². The van der Waals surface area contributed by atoms with Crippen LogP contribution in [0, 0.1) is 0 Å². The molecule has 1 rings (SSSR count). The first-order valence-corrected chi connectivity index (χ1v) is 4.82. The Morgan fingerprint density at radius 1 is 1.57 bits per heavy atom. The number of nitrogens with one attached hydrogen (secondary N) is 1. The highest BCUT2D eigenvalue weighted by Crippen LogP contribution is 2.25. The van der Waals surface area contributed by atoms with Gasteiger partial charge in [-0.1, -0.05) is 6.92 Å². The van der Waals surface area contributed by atoms with Gasteiger partial charge in [0.1, 0.15) is 6.04 Å². The van der Waals surface area contributed by atoms with E-state index in [2.05, 4.69) is 5.32 Å². The summed E-state index contributed by atoms with van der Waals surface area (Å²) in [5.74, 6) is -0.981. The molecule has 2 amide bonds. The summed E-state index contributed by atoms with van der Waals surface area (Å²) < 4.78 is 0. The van der Waals surface area contributed by atoms with Crippen molar-refractivity contribution >= 4 is 12.0 Å². The highest BCUT2D eigenvalue weighted by molar-refractivity contribution is 5.82. The van der Waals surface area contributed by atoms with E-state index in [0.717, 1.165) is 12.8 Å². The Kier molecular flexibility index (Phi) is 3.33. The van der Waals surface area contributed by atoms with Crippen molar-refractivity contribution in [3.8, 4) is 0 Å². The maximum Gasteiger partial charge on any atom is 0.326 e. The van der Waals surface area contributed by atoms with Crippen LogP contribution in [-0.4, -0.2) is 41.1 Å². The zero-order valence-corrected chi connectivity index (χ0v) is 8.49. The molecule has 1 aliphatic rings. The molecular weight excluding hydrogens is 184 g/mol. The first-order chi connectivity index (χ1) is 6.56. The number of urea groups is 1. The number of amides is 2. The van der Waals surface area contributed by atoms with Crippen LogP contribution in [0.1, 0.15) is 26.2 Å². The second kappa shape index (κ2) is 4.30.